The first kappa shape index (κ1) is 23.1. The molecular formula is C27H20ClNO8. The number of carbonyl (C=O) groups excluding carboxylic acids is 1. The monoisotopic (exact) mass is 521 g/mol. The van der Waals surface area contributed by atoms with E-state index >= 15 is 0 Å². The van der Waals surface area contributed by atoms with Crippen molar-refractivity contribution >= 4 is 34.2 Å². The second kappa shape index (κ2) is 8.94. The molecule has 1 amide bonds. The Morgan fingerprint density at radius 3 is 2.51 bits per heavy atom. The smallest absolute Gasteiger partial charge is 0.344 e. The van der Waals surface area contributed by atoms with Crippen LogP contribution in [-0.4, -0.2) is 33.0 Å². The largest absolute Gasteiger partial charge is 0.493 e. The van der Waals surface area contributed by atoms with Gasteiger partial charge >= 0.3 is 5.63 Å². The summed E-state index contributed by atoms with van der Waals surface area (Å²) < 4.78 is 34.4. The Kier molecular flexibility index (Phi) is 5.57. The van der Waals surface area contributed by atoms with Crippen LogP contribution < -0.4 is 34.6 Å². The van der Waals surface area contributed by atoms with Gasteiger partial charge in [0.1, 0.15) is 11.3 Å². The van der Waals surface area contributed by atoms with E-state index in [1.165, 1.54) is 14.2 Å². The average Bonchev–Trinajstić information content (AvgIpc) is 3.55. The summed E-state index contributed by atoms with van der Waals surface area (Å²) in [6.07, 6.45) is -1.15. The van der Waals surface area contributed by atoms with Crippen LogP contribution in [0.1, 0.15) is 17.0 Å². The Hall–Kier alpha value is -4.37. The lowest BCUT2D eigenvalue weighted by atomic mass is 9.87. The molecule has 0 saturated heterocycles. The van der Waals surface area contributed by atoms with Crippen LogP contribution in [0.15, 0.2) is 63.8 Å². The molecule has 0 fully saturated rings. The van der Waals surface area contributed by atoms with Crippen molar-refractivity contribution in [2.75, 3.05) is 26.3 Å². The van der Waals surface area contributed by atoms with Gasteiger partial charge < -0.3 is 33.4 Å². The van der Waals surface area contributed by atoms with E-state index in [1.54, 1.807) is 54.6 Å². The molecule has 4 aromatic rings. The number of hydrogen-bond acceptors (Lipinski definition) is 8. The van der Waals surface area contributed by atoms with E-state index in [4.69, 9.17) is 39.7 Å². The highest BCUT2D eigenvalue weighted by Gasteiger charge is 2.47. The summed E-state index contributed by atoms with van der Waals surface area (Å²) in [6, 6.07) is 15.3. The molecule has 0 saturated carbocycles. The van der Waals surface area contributed by atoms with Crippen LogP contribution in [0.2, 0.25) is 5.02 Å². The van der Waals surface area contributed by atoms with Gasteiger partial charge in [-0.05, 0) is 42.5 Å². The lowest BCUT2D eigenvalue weighted by Crippen LogP contribution is -2.35. The molecule has 37 heavy (non-hydrogen) atoms. The lowest BCUT2D eigenvalue weighted by molar-refractivity contribution is -0.122. The van der Waals surface area contributed by atoms with Crippen LogP contribution in [-0.2, 0) is 4.79 Å². The number of carbonyl (C=O) groups is 1. The number of para-hydroxylation sites is 1. The van der Waals surface area contributed by atoms with E-state index in [9.17, 15) is 9.59 Å². The maximum atomic E-state index is 13.7. The Bertz CT molecular complexity index is 1600. The van der Waals surface area contributed by atoms with Crippen molar-refractivity contribution in [1.29, 1.82) is 0 Å². The molecule has 2 atom stereocenters. The Morgan fingerprint density at radius 1 is 1.00 bits per heavy atom. The summed E-state index contributed by atoms with van der Waals surface area (Å²) in [7, 11) is 2.95. The van der Waals surface area contributed by atoms with Gasteiger partial charge in [-0.15, -0.1) is 0 Å². The van der Waals surface area contributed by atoms with Gasteiger partial charge in [-0.3, -0.25) is 4.79 Å². The highest BCUT2D eigenvalue weighted by molar-refractivity contribution is 6.30. The Labute approximate surface area is 215 Å². The standard InChI is InChI=1S/C27H20ClNO8/c1-32-18-11-16(22(33-2)25-23(18)34-12-35-25)19-20-21(15-5-3-4-6-17(15)36-27(20)31)37-24(19)26(30)29-14-9-7-13(28)8-10-14/h3-11,19,24H,12H2,1-2H3,(H,29,30). The predicted octanol–water partition coefficient (Wildman–Crippen LogP) is 4.72. The highest BCUT2D eigenvalue weighted by Crippen LogP contribution is 2.55. The molecular weight excluding hydrogens is 502 g/mol. The van der Waals surface area contributed by atoms with E-state index in [2.05, 4.69) is 5.32 Å². The first-order chi connectivity index (χ1) is 18.0. The average molecular weight is 522 g/mol. The topological polar surface area (TPSA) is 105 Å². The number of rotatable bonds is 5. The zero-order chi connectivity index (χ0) is 25.7. The fourth-order valence-electron chi connectivity index (χ4n) is 4.77. The van der Waals surface area contributed by atoms with Crippen molar-refractivity contribution in [2.24, 2.45) is 0 Å². The van der Waals surface area contributed by atoms with Crippen LogP contribution in [0, 0.1) is 0 Å². The summed E-state index contributed by atoms with van der Waals surface area (Å²) in [5.74, 6) is 0.215. The van der Waals surface area contributed by atoms with Gasteiger partial charge in [0.15, 0.2) is 17.6 Å². The summed E-state index contributed by atoms with van der Waals surface area (Å²) in [6.45, 7) is -0.0312. The number of fused-ring (bicyclic) bond motifs is 4. The molecule has 1 aromatic heterocycles. The lowest BCUT2D eigenvalue weighted by Gasteiger charge is -2.22. The summed E-state index contributed by atoms with van der Waals surface area (Å²) in [4.78, 5) is 27.0. The maximum Gasteiger partial charge on any atom is 0.344 e. The van der Waals surface area contributed by atoms with Gasteiger partial charge in [0.25, 0.3) is 5.91 Å². The molecule has 2 unspecified atom stereocenters. The number of nitrogens with one attached hydrogen (secondary N) is 1. The van der Waals surface area contributed by atoms with Crippen LogP contribution >= 0.6 is 11.6 Å². The number of amides is 1. The van der Waals surface area contributed by atoms with Crippen molar-refractivity contribution in [2.45, 2.75) is 12.0 Å². The van der Waals surface area contributed by atoms with Gasteiger partial charge in [0.05, 0.1) is 31.1 Å². The van der Waals surface area contributed by atoms with Gasteiger partial charge in [-0.25, -0.2) is 4.79 Å². The van der Waals surface area contributed by atoms with E-state index in [0.717, 1.165) is 0 Å². The first-order valence-corrected chi connectivity index (χ1v) is 11.7. The van der Waals surface area contributed by atoms with Gasteiger partial charge in [0.2, 0.25) is 18.3 Å². The third-order valence-corrected chi connectivity index (χ3v) is 6.63. The zero-order valence-corrected chi connectivity index (χ0v) is 20.5. The first-order valence-electron chi connectivity index (χ1n) is 11.3. The van der Waals surface area contributed by atoms with Gasteiger partial charge in [0, 0.05) is 16.3 Å². The van der Waals surface area contributed by atoms with Crippen molar-refractivity contribution in [3.05, 3.63) is 81.2 Å². The number of methoxy groups -OCH3 is 2. The molecule has 10 heteroatoms. The molecule has 3 heterocycles. The molecule has 2 aliphatic rings. The van der Waals surface area contributed by atoms with Crippen LogP contribution in [0.5, 0.6) is 28.7 Å². The van der Waals surface area contributed by atoms with Crippen molar-refractivity contribution in [3.8, 4) is 28.7 Å². The van der Waals surface area contributed by atoms with E-state index in [-0.39, 0.29) is 18.1 Å². The molecule has 0 aliphatic carbocycles. The fraction of sp³-hybridized carbons (Fsp3) is 0.185. The molecule has 2 aliphatic heterocycles. The molecule has 0 radical (unpaired) electrons. The number of hydrogen-bond donors (Lipinski definition) is 1. The molecule has 0 spiro atoms. The molecule has 3 aromatic carbocycles. The third-order valence-electron chi connectivity index (χ3n) is 6.38. The number of ether oxygens (including phenoxy) is 5. The van der Waals surface area contributed by atoms with Crippen molar-refractivity contribution in [3.63, 3.8) is 0 Å². The normalized spacial score (nSPS) is 17.3. The van der Waals surface area contributed by atoms with E-state index in [1.807, 2.05) is 0 Å². The third kappa shape index (κ3) is 3.70. The van der Waals surface area contributed by atoms with Gasteiger partial charge in [-0.2, -0.15) is 0 Å². The highest BCUT2D eigenvalue weighted by atomic mass is 35.5. The van der Waals surface area contributed by atoms with Crippen LogP contribution in [0.4, 0.5) is 5.69 Å². The minimum atomic E-state index is -1.15. The fourth-order valence-corrected chi connectivity index (χ4v) is 4.90. The SMILES string of the molecule is COc1cc(C2c3c(c4ccccc4oc3=O)OC2C(=O)Nc2ccc(Cl)cc2)c(OC)c2c1OCO2. The Balaban J connectivity index is 1.56. The van der Waals surface area contributed by atoms with E-state index < -0.39 is 23.6 Å². The Morgan fingerprint density at radius 2 is 1.76 bits per heavy atom. The number of halogens is 1. The van der Waals surface area contributed by atoms with Crippen molar-refractivity contribution < 1.29 is 32.9 Å². The molecule has 0 bridgehead atoms. The molecule has 9 nitrogen and oxygen atoms in total. The summed E-state index contributed by atoms with van der Waals surface area (Å²) in [5, 5.41) is 3.94. The minimum Gasteiger partial charge on any atom is -0.493 e. The zero-order valence-electron chi connectivity index (χ0n) is 19.7. The van der Waals surface area contributed by atoms with Crippen LogP contribution in [0.3, 0.4) is 0 Å². The van der Waals surface area contributed by atoms with Gasteiger partial charge in [-0.1, -0.05) is 23.7 Å². The summed E-state index contributed by atoms with van der Waals surface area (Å²) in [5.41, 5.74) is 0.869. The van der Waals surface area contributed by atoms with Crippen LogP contribution in [0.25, 0.3) is 11.0 Å². The molecule has 6 rings (SSSR count). The van der Waals surface area contributed by atoms with E-state index in [0.29, 0.717) is 50.2 Å². The number of anilines is 1. The quantitative estimate of drug-likeness (QED) is 0.376. The molecule has 1 N–H and O–H groups in total. The van der Waals surface area contributed by atoms with Crippen molar-refractivity contribution in [1.82, 2.24) is 0 Å². The number of benzene rings is 3. The second-order valence-corrected chi connectivity index (χ2v) is 8.84. The second-order valence-electron chi connectivity index (χ2n) is 8.41. The maximum absolute atomic E-state index is 13.7. The molecule has 188 valence electrons. The minimum absolute atomic E-state index is 0.0312. The predicted molar refractivity (Wildman–Crippen MR) is 134 cm³/mol. The summed E-state index contributed by atoms with van der Waals surface area (Å²) >= 11 is 5.99.